The molecule has 7 heteroatoms. The van der Waals surface area contributed by atoms with E-state index >= 15 is 0 Å². The standard InChI is InChI=1S/C14H20N4O3/c1-9-4-5-10(13(15)20)8-11(9)17-14(21)16-7-6-12(19)18(2)3/h4-5,8H,6-7H2,1-3H3,(H2,15,20)(H2,16,17,21). The van der Waals surface area contributed by atoms with E-state index in [4.69, 9.17) is 5.73 Å². The number of carbonyl (C=O) groups is 3. The lowest BCUT2D eigenvalue weighted by Gasteiger charge is -2.12. The summed E-state index contributed by atoms with van der Waals surface area (Å²) in [4.78, 5) is 35.7. The summed E-state index contributed by atoms with van der Waals surface area (Å²) in [7, 11) is 3.31. The topological polar surface area (TPSA) is 105 Å². The van der Waals surface area contributed by atoms with Crippen LogP contribution in [0.15, 0.2) is 18.2 Å². The third-order valence-corrected chi connectivity index (χ3v) is 2.89. The van der Waals surface area contributed by atoms with Gasteiger partial charge in [0.05, 0.1) is 0 Å². The first-order valence-corrected chi connectivity index (χ1v) is 6.46. The Balaban J connectivity index is 2.57. The highest BCUT2D eigenvalue weighted by atomic mass is 16.2. The lowest BCUT2D eigenvalue weighted by molar-refractivity contribution is -0.128. The maximum absolute atomic E-state index is 11.7. The van der Waals surface area contributed by atoms with Gasteiger partial charge in [0.2, 0.25) is 11.8 Å². The molecular weight excluding hydrogens is 272 g/mol. The highest BCUT2D eigenvalue weighted by Crippen LogP contribution is 2.16. The van der Waals surface area contributed by atoms with Gasteiger partial charge in [0.25, 0.3) is 0 Å². The Morgan fingerprint density at radius 3 is 2.48 bits per heavy atom. The van der Waals surface area contributed by atoms with Crippen LogP contribution in [0.25, 0.3) is 0 Å². The van der Waals surface area contributed by atoms with Crippen molar-refractivity contribution < 1.29 is 14.4 Å². The SMILES string of the molecule is Cc1ccc(C(N)=O)cc1NC(=O)NCCC(=O)N(C)C. The van der Waals surface area contributed by atoms with E-state index in [0.717, 1.165) is 5.56 Å². The van der Waals surface area contributed by atoms with Crippen molar-refractivity contribution in [2.24, 2.45) is 5.73 Å². The van der Waals surface area contributed by atoms with Gasteiger partial charge >= 0.3 is 6.03 Å². The maximum atomic E-state index is 11.7. The summed E-state index contributed by atoms with van der Waals surface area (Å²) >= 11 is 0. The summed E-state index contributed by atoms with van der Waals surface area (Å²) in [6, 6.07) is 4.37. The van der Waals surface area contributed by atoms with E-state index in [1.807, 2.05) is 0 Å². The van der Waals surface area contributed by atoms with E-state index in [1.54, 1.807) is 33.2 Å². The Bertz CT molecular complexity index is 555. The Kier molecular flexibility index (Phi) is 5.71. The first-order chi connectivity index (χ1) is 9.81. The van der Waals surface area contributed by atoms with Crippen LogP contribution in [0, 0.1) is 6.92 Å². The summed E-state index contributed by atoms with van der Waals surface area (Å²) < 4.78 is 0. The number of rotatable bonds is 5. The van der Waals surface area contributed by atoms with Crippen LogP contribution >= 0.6 is 0 Å². The molecule has 0 saturated carbocycles. The van der Waals surface area contributed by atoms with E-state index in [0.29, 0.717) is 11.3 Å². The van der Waals surface area contributed by atoms with Crippen LogP contribution in [0.4, 0.5) is 10.5 Å². The molecule has 0 aliphatic heterocycles. The molecule has 0 aromatic heterocycles. The Labute approximate surface area is 123 Å². The van der Waals surface area contributed by atoms with Gasteiger partial charge in [0.1, 0.15) is 0 Å². The van der Waals surface area contributed by atoms with Crippen molar-refractivity contribution in [1.82, 2.24) is 10.2 Å². The van der Waals surface area contributed by atoms with E-state index in [-0.39, 0.29) is 18.9 Å². The van der Waals surface area contributed by atoms with Gasteiger partial charge in [0.15, 0.2) is 0 Å². The molecule has 21 heavy (non-hydrogen) atoms. The van der Waals surface area contributed by atoms with E-state index in [1.165, 1.54) is 11.0 Å². The first-order valence-electron chi connectivity index (χ1n) is 6.46. The van der Waals surface area contributed by atoms with Crippen molar-refractivity contribution >= 4 is 23.5 Å². The fourth-order valence-corrected chi connectivity index (χ4v) is 1.58. The fraction of sp³-hybridized carbons (Fsp3) is 0.357. The molecule has 114 valence electrons. The largest absolute Gasteiger partial charge is 0.366 e. The molecule has 0 heterocycles. The third-order valence-electron chi connectivity index (χ3n) is 2.89. The highest BCUT2D eigenvalue weighted by Gasteiger charge is 2.09. The first kappa shape index (κ1) is 16.5. The normalized spacial score (nSPS) is 9.86. The lowest BCUT2D eigenvalue weighted by atomic mass is 10.1. The van der Waals surface area contributed by atoms with Crippen molar-refractivity contribution in [3.63, 3.8) is 0 Å². The van der Waals surface area contributed by atoms with Crippen LogP contribution in [0.1, 0.15) is 22.3 Å². The Hall–Kier alpha value is -2.57. The number of carbonyl (C=O) groups excluding carboxylic acids is 3. The molecule has 0 spiro atoms. The number of urea groups is 1. The molecule has 0 saturated heterocycles. The molecule has 4 N–H and O–H groups in total. The number of nitrogens with zero attached hydrogens (tertiary/aromatic N) is 1. The molecule has 0 aliphatic carbocycles. The fourth-order valence-electron chi connectivity index (χ4n) is 1.58. The number of hydrogen-bond donors (Lipinski definition) is 3. The molecule has 1 aromatic rings. The molecule has 0 radical (unpaired) electrons. The number of benzene rings is 1. The number of primary amides is 1. The minimum atomic E-state index is -0.560. The number of nitrogens with two attached hydrogens (primary N) is 1. The molecule has 1 rings (SSSR count). The minimum absolute atomic E-state index is 0.0674. The summed E-state index contributed by atoms with van der Waals surface area (Å²) in [5.41, 5.74) is 6.82. The van der Waals surface area contributed by atoms with Crippen molar-refractivity contribution in [2.45, 2.75) is 13.3 Å². The van der Waals surface area contributed by atoms with Gasteiger partial charge in [-0.1, -0.05) is 6.07 Å². The second-order valence-corrected chi connectivity index (χ2v) is 4.81. The predicted octanol–water partition coefficient (Wildman–Crippen LogP) is 0.694. The molecule has 0 atom stereocenters. The Morgan fingerprint density at radius 1 is 1.24 bits per heavy atom. The smallest absolute Gasteiger partial charge is 0.319 e. The molecule has 1 aromatic carbocycles. The van der Waals surface area contributed by atoms with E-state index in [9.17, 15) is 14.4 Å². The lowest BCUT2D eigenvalue weighted by Crippen LogP contribution is -2.33. The zero-order valence-corrected chi connectivity index (χ0v) is 12.4. The predicted molar refractivity (Wildman–Crippen MR) is 80.0 cm³/mol. The van der Waals surface area contributed by atoms with Crippen LogP contribution in [0.2, 0.25) is 0 Å². The number of anilines is 1. The van der Waals surface area contributed by atoms with Gasteiger partial charge in [-0.25, -0.2) is 4.79 Å². The molecule has 0 bridgehead atoms. The molecule has 0 fully saturated rings. The van der Waals surface area contributed by atoms with Gasteiger partial charge in [-0.15, -0.1) is 0 Å². The quantitative estimate of drug-likeness (QED) is 0.743. The van der Waals surface area contributed by atoms with Crippen LogP contribution in [-0.2, 0) is 4.79 Å². The van der Waals surface area contributed by atoms with Gasteiger partial charge in [-0.05, 0) is 24.6 Å². The van der Waals surface area contributed by atoms with Crippen LogP contribution in [-0.4, -0.2) is 43.4 Å². The van der Waals surface area contributed by atoms with Crippen LogP contribution in [0.3, 0.4) is 0 Å². The molecule has 0 aliphatic rings. The summed E-state index contributed by atoms with van der Waals surface area (Å²) in [5, 5.41) is 5.20. The zero-order chi connectivity index (χ0) is 16.0. The molecule has 7 nitrogen and oxygen atoms in total. The number of hydrogen-bond acceptors (Lipinski definition) is 3. The third kappa shape index (κ3) is 5.13. The van der Waals surface area contributed by atoms with Crippen molar-refractivity contribution in [3.8, 4) is 0 Å². The van der Waals surface area contributed by atoms with Gasteiger partial charge in [-0.2, -0.15) is 0 Å². The highest BCUT2D eigenvalue weighted by molar-refractivity contribution is 5.96. The van der Waals surface area contributed by atoms with Gasteiger partial charge in [-0.3, -0.25) is 9.59 Å². The maximum Gasteiger partial charge on any atom is 0.319 e. The number of aryl methyl sites for hydroxylation is 1. The molecular formula is C14H20N4O3. The second kappa shape index (κ2) is 7.28. The van der Waals surface area contributed by atoms with E-state index in [2.05, 4.69) is 10.6 Å². The molecule has 4 amide bonds. The van der Waals surface area contributed by atoms with Crippen molar-refractivity contribution in [2.75, 3.05) is 26.0 Å². The van der Waals surface area contributed by atoms with Gasteiger partial charge in [0, 0.05) is 38.3 Å². The number of amides is 4. The van der Waals surface area contributed by atoms with Crippen LogP contribution in [0.5, 0.6) is 0 Å². The summed E-state index contributed by atoms with van der Waals surface area (Å²) in [5.74, 6) is -0.628. The average molecular weight is 292 g/mol. The summed E-state index contributed by atoms with van der Waals surface area (Å²) in [6.07, 6.45) is 0.223. The van der Waals surface area contributed by atoms with Crippen LogP contribution < -0.4 is 16.4 Å². The average Bonchev–Trinajstić information content (AvgIpc) is 2.40. The minimum Gasteiger partial charge on any atom is -0.366 e. The zero-order valence-electron chi connectivity index (χ0n) is 12.4. The molecule has 0 unspecified atom stereocenters. The van der Waals surface area contributed by atoms with Crippen molar-refractivity contribution in [1.29, 1.82) is 0 Å². The summed E-state index contributed by atoms with van der Waals surface area (Å²) in [6.45, 7) is 2.04. The number of nitrogens with one attached hydrogen (secondary N) is 2. The van der Waals surface area contributed by atoms with Crippen molar-refractivity contribution in [3.05, 3.63) is 29.3 Å². The Morgan fingerprint density at radius 2 is 1.90 bits per heavy atom. The van der Waals surface area contributed by atoms with E-state index < -0.39 is 11.9 Å². The van der Waals surface area contributed by atoms with Gasteiger partial charge < -0.3 is 21.3 Å². The second-order valence-electron chi connectivity index (χ2n) is 4.81. The monoisotopic (exact) mass is 292 g/mol.